The number of aromatic nitrogens is 1. The van der Waals surface area contributed by atoms with E-state index in [4.69, 9.17) is 5.11 Å². The van der Waals surface area contributed by atoms with Gasteiger partial charge >= 0.3 is 5.97 Å². The summed E-state index contributed by atoms with van der Waals surface area (Å²) >= 11 is 0. The highest BCUT2D eigenvalue weighted by Crippen LogP contribution is 2.37. The molecule has 0 saturated carbocycles. The lowest BCUT2D eigenvalue weighted by molar-refractivity contribution is 0.0697. The van der Waals surface area contributed by atoms with Gasteiger partial charge < -0.3 is 5.11 Å². The molecule has 2 atom stereocenters. The van der Waals surface area contributed by atoms with Crippen LogP contribution in [0.4, 0.5) is 0 Å². The monoisotopic (exact) mass is 360 g/mol. The highest BCUT2D eigenvalue weighted by Gasteiger charge is 2.23. The van der Waals surface area contributed by atoms with E-state index in [2.05, 4.69) is 10.2 Å². The fourth-order valence-electron chi connectivity index (χ4n) is 3.33. The number of carboxylic acids is 1. The minimum atomic E-state index is -0.960. The van der Waals surface area contributed by atoms with Gasteiger partial charge in [-0.05, 0) is 59.9 Å². The van der Waals surface area contributed by atoms with E-state index in [-0.39, 0.29) is 11.5 Å². The Morgan fingerprint density at radius 1 is 1.00 bits per heavy atom. The van der Waals surface area contributed by atoms with Crippen LogP contribution in [-0.4, -0.2) is 16.1 Å². The summed E-state index contributed by atoms with van der Waals surface area (Å²) in [5.74, 6) is -1.04. The normalized spacial score (nSPS) is 12.9. The summed E-state index contributed by atoms with van der Waals surface area (Å²) in [5.41, 5.74) is 4.23. The van der Waals surface area contributed by atoms with Gasteiger partial charge in [-0.2, -0.15) is 4.91 Å². The Morgan fingerprint density at radius 2 is 1.67 bits per heavy atom. The van der Waals surface area contributed by atoms with E-state index < -0.39 is 12.0 Å². The Bertz CT molecular complexity index is 924. The number of aryl methyl sites for hydroxylation is 1. The van der Waals surface area contributed by atoms with Crippen LogP contribution in [0, 0.1) is 11.8 Å². The van der Waals surface area contributed by atoms with Gasteiger partial charge in [0.15, 0.2) is 0 Å². The number of aromatic carboxylic acids is 1. The minimum Gasteiger partial charge on any atom is -0.478 e. The number of carboxylic acid groups (broad SMARTS) is 1. The molecule has 0 saturated heterocycles. The van der Waals surface area contributed by atoms with Crippen LogP contribution in [-0.2, 0) is 0 Å². The molecule has 3 aromatic rings. The van der Waals surface area contributed by atoms with Gasteiger partial charge in [0.25, 0.3) is 0 Å². The quantitative estimate of drug-likeness (QED) is 0.593. The summed E-state index contributed by atoms with van der Waals surface area (Å²) in [7, 11) is 0. The van der Waals surface area contributed by atoms with Crippen LogP contribution in [0.5, 0.6) is 0 Å². The first-order valence-corrected chi connectivity index (χ1v) is 8.71. The molecule has 0 aliphatic carbocycles. The van der Waals surface area contributed by atoms with Crippen molar-refractivity contribution in [2.24, 2.45) is 5.18 Å². The summed E-state index contributed by atoms with van der Waals surface area (Å²) in [6.45, 7) is 2.03. The molecule has 0 aliphatic heterocycles. The number of hydrogen-bond donors (Lipinski definition) is 1. The van der Waals surface area contributed by atoms with E-state index in [0.29, 0.717) is 6.42 Å². The molecule has 3 rings (SSSR count). The zero-order valence-electron chi connectivity index (χ0n) is 14.9. The summed E-state index contributed by atoms with van der Waals surface area (Å²) in [4.78, 5) is 26.7. The Labute approximate surface area is 157 Å². The molecule has 0 amide bonds. The van der Waals surface area contributed by atoms with Gasteiger partial charge in [0.05, 0.1) is 5.56 Å². The van der Waals surface area contributed by atoms with Crippen molar-refractivity contribution in [3.63, 3.8) is 0 Å². The van der Waals surface area contributed by atoms with Crippen LogP contribution in [0.25, 0.3) is 0 Å². The van der Waals surface area contributed by atoms with E-state index in [1.807, 2.05) is 43.3 Å². The molecule has 27 heavy (non-hydrogen) atoms. The Kier molecular flexibility index (Phi) is 5.71. The highest BCUT2D eigenvalue weighted by molar-refractivity contribution is 5.87. The smallest absolute Gasteiger partial charge is 0.335 e. The second-order valence-corrected chi connectivity index (χ2v) is 6.47. The highest BCUT2D eigenvalue weighted by atomic mass is 16.4. The summed E-state index contributed by atoms with van der Waals surface area (Å²) in [6, 6.07) is 17.9. The molecule has 1 aromatic heterocycles. The third-order valence-corrected chi connectivity index (χ3v) is 4.80. The molecule has 2 aromatic carbocycles. The van der Waals surface area contributed by atoms with E-state index in [1.165, 1.54) is 0 Å². The zero-order chi connectivity index (χ0) is 19.2. The molecular formula is C22H20N2O3. The molecule has 0 aliphatic rings. The van der Waals surface area contributed by atoms with E-state index in [1.54, 1.807) is 36.7 Å². The SMILES string of the molecule is Cc1ccccc1C(CC(N=O)c1ccncc1)c1ccc(C(=O)O)cc1. The standard InChI is InChI=1S/C22H20N2O3/c1-15-4-2-3-5-19(15)20(16-6-8-18(9-7-16)22(25)26)14-21(24-27)17-10-12-23-13-11-17/h2-13,20-21H,14H2,1H3,(H,25,26). The molecule has 1 heterocycles. The second kappa shape index (κ2) is 8.36. The van der Waals surface area contributed by atoms with Crippen molar-refractivity contribution in [2.75, 3.05) is 0 Å². The fourth-order valence-corrected chi connectivity index (χ4v) is 3.33. The van der Waals surface area contributed by atoms with Crippen molar-refractivity contribution < 1.29 is 9.90 Å². The van der Waals surface area contributed by atoms with E-state index >= 15 is 0 Å². The maximum absolute atomic E-state index is 11.6. The fraction of sp³-hybridized carbons (Fsp3) is 0.182. The number of hydrogen-bond acceptors (Lipinski definition) is 4. The van der Waals surface area contributed by atoms with Gasteiger partial charge in [-0.3, -0.25) is 4.98 Å². The van der Waals surface area contributed by atoms with Crippen LogP contribution in [0.2, 0.25) is 0 Å². The van der Waals surface area contributed by atoms with Gasteiger partial charge in [-0.1, -0.05) is 41.6 Å². The Hall–Kier alpha value is -3.34. The molecule has 0 spiro atoms. The lowest BCUT2D eigenvalue weighted by Crippen LogP contribution is -2.09. The van der Waals surface area contributed by atoms with Crippen LogP contribution in [0.15, 0.2) is 78.2 Å². The molecular weight excluding hydrogens is 340 g/mol. The molecule has 0 radical (unpaired) electrons. The van der Waals surface area contributed by atoms with Gasteiger partial charge in [0.2, 0.25) is 0 Å². The Balaban J connectivity index is 2.01. The first-order valence-electron chi connectivity index (χ1n) is 8.71. The first kappa shape index (κ1) is 18.5. The number of nitrogens with zero attached hydrogens (tertiary/aromatic N) is 2. The molecule has 1 N–H and O–H groups in total. The molecule has 136 valence electrons. The predicted octanol–water partition coefficient (Wildman–Crippen LogP) is 5.12. The number of nitroso groups, excluding NO2 is 1. The maximum atomic E-state index is 11.6. The van der Waals surface area contributed by atoms with Crippen LogP contribution < -0.4 is 0 Å². The van der Waals surface area contributed by atoms with Crippen molar-refractivity contribution in [2.45, 2.75) is 25.3 Å². The lowest BCUT2D eigenvalue weighted by Gasteiger charge is -2.23. The van der Waals surface area contributed by atoms with Crippen molar-refractivity contribution in [3.05, 3.63) is 106 Å². The van der Waals surface area contributed by atoms with Crippen molar-refractivity contribution in [1.82, 2.24) is 4.98 Å². The van der Waals surface area contributed by atoms with Crippen molar-refractivity contribution in [1.29, 1.82) is 0 Å². The molecule has 0 bridgehead atoms. The minimum absolute atomic E-state index is 0.0788. The van der Waals surface area contributed by atoms with E-state index in [9.17, 15) is 9.70 Å². The molecule has 2 unspecified atom stereocenters. The van der Waals surface area contributed by atoms with Gasteiger partial charge in [0.1, 0.15) is 6.04 Å². The number of pyridine rings is 1. The van der Waals surface area contributed by atoms with Gasteiger partial charge in [0, 0.05) is 18.3 Å². The van der Waals surface area contributed by atoms with Gasteiger partial charge in [-0.25, -0.2) is 4.79 Å². The average Bonchev–Trinajstić information content (AvgIpc) is 2.70. The van der Waals surface area contributed by atoms with Crippen LogP contribution in [0.3, 0.4) is 0 Å². The van der Waals surface area contributed by atoms with Gasteiger partial charge in [-0.15, -0.1) is 0 Å². The largest absolute Gasteiger partial charge is 0.478 e. The topological polar surface area (TPSA) is 79.6 Å². The number of rotatable bonds is 7. The van der Waals surface area contributed by atoms with E-state index in [0.717, 1.165) is 22.3 Å². The van der Waals surface area contributed by atoms with Crippen LogP contribution >= 0.6 is 0 Å². The Morgan fingerprint density at radius 3 is 2.26 bits per heavy atom. The third kappa shape index (κ3) is 4.26. The number of carbonyl (C=O) groups is 1. The van der Waals surface area contributed by atoms with Crippen molar-refractivity contribution >= 4 is 5.97 Å². The average molecular weight is 360 g/mol. The van der Waals surface area contributed by atoms with Crippen LogP contribution in [0.1, 0.15) is 51.0 Å². The maximum Gasteiger partial charge on any atom is 0.335 e. The second-order valence-electron chi connectivity index (χ2n) is 6.47. The molecule has 5 nitrogen and oxygen atoms in total. The lowest BCUT2D eigenvalue weighted by atomic mass is 9.82. The first-order chi connectivity index (χ1) is 13.1. The summed E-state index contributed by atoms with van der Waals surface area (Å²) in [6.07, 6.45) is 3.79. The summed E-state index contributed by atoms with van der Waals surface area (Å²) < 4.78 is 0. The zero-order valence-corrected chi connectivity index (χ0v) is 14.9. The third-order valence-electron chi connectivity index (χ3n) is 4.80. The molecule has 0 fully saturated rings. The predicted molar refractivity (Wildman–Crippen MR) is 104 cm³/mol. The van der Waals surface area contributed by atoms with Crippen molar-refractivity contribution in [3.8, 4) is 0 Å². The molecule has 5 heteroatoms. The summed E-state index contributed by atoms with van der Waals surface area (Å²) in [5, 5.41) is 12.5. The number of benzene rings is 2.